The Morgan fingerprint density at radius 3 is 2.78 bits per heavy atom. The van der Waals surface area contributed by atoms with Crippen molar-refractivity contribution in [3.63, 3.8) is 0 Å². The highest BCUT2D eigenvalue weighted by Crippen LogP contribution is 2.28. The predicted molar refractivity (Wildman–Crippen MR) is 76.3 cm³/mol. The molecule has 0 spiro atoms. The van der Waals surface area contributed by atoms with Gasteiger partial charge in [0.2, 0.25) is 0 Å². The SMILES string of the molecule is CCOc1cc(N)cc(N2CCN(C)CC2C)c1. The zero-order valence-corrected chi connectivity index (χ0v) is 11.5. The lowest BCUT2D eigenvalue weighted by Crippen LogP contribution is -2.50. The average molecular weight is 249 g/mol. The molecule has 0 bridgehead atoms. The van der Waals surface area contributed by atoms with E-state index in [1.807, 2.05) is 19.1 Å². The smallest absolute Gasteiger partial charge is 0.123 e. The molecule has 1 aromatic rings. The third kappa shape index (κ3) is 2.88. The summed E-state index contributed by atoms with van der Waals surface area (Å²) in [6, 6.07) is 6.50. The lowest BCUT2D eigenvalue weighted by atomic mass is 10.1. The van der Waals surface area contributed by atoms with Crippen molar-refractivity contribution in [1.29, 1.82) is 0 Å². The Balaban J connectivity index is 2.21. The van der Waals surface area contributed by atoms with Crippen LogP contribution in [-0.2, 0) is 0 Å². The van der Waals surface area contributed by atoms with Crippen LogP contribution in [0.3, 0.4) is 0 Å². The molecule has 1 aliphatic heterocycles. The zero-order chi connectivity index (χ0) is 13.1. The molecule has 1 saturated heterocycles. The van der Waals surface area contributed by atoms with E-state index in [1.165, 1.54) is 5.69 Å². The van der Waals surface area contributed by atoms with Crippen LogP contribution in [0.5, 0.6) is 5.75 Å². The largest absolute Gasteiger partial charge is 0.494 e. The number of piperazine rings is 1. The maximum Gasteiger partial charge on any atom is 0.123 e. The van der Waals surface area contributed by atoms with Crippen molar-refractivity contribution in [2.45, 2.75) is 19.9 Å². The van der Waals surface area contributed by atoms with Crippen LogP contribution in [0.4, 0.5) is 11.4 Å². The molecule has 0 radical (unpaired) electrons. The Hall–Kier alpha value is -1.42. The van der Waals surface area contributed by atoms with Gasteiger partial charge in [0, 0.05) is 49.2 Å². The van der Waals surface area contributed by atoms with Gasteiger partial charge in [-0.25, -0.2) is 0 Å². The molecule has 1 atom stereocenters. The minimum Gasteiger partial charge on any atom is -0.494 e. The Kier molecular flexibility index (Phi) is 3.97. The van der Waals surface area contributed by atoms with Gasteiger partial charge in [0.15, 0.2) is 0 Å². The molecule has 1 aliphatic rings. The summed E-state index contributed by atoms with van der Waals surface area (Å²) in [5, 5.41) is 0. The first-order valence-corrected chi connectivity index (χ1v) is 6.58. The number of nitrogens with two attached hydrogens (primary N) is 1. The molecule has 2 N–H and O–H groups in total. The molecule has 1 heterocycles. The van der Waals surface area contributed by atoms with Gasteiger partial charge in [-0.1, -0.05) is 0 Å². The Morgan fingerprint density at radius 1 is 1.33 bits per heavy atom. The summed E-state index contributed by atoms with van der Waals surface area (Å²) in [5.74, 6) is 0.860. The predicted octanol–water partition coefficient (Wildman–Crippen LogP) is 1.81. The molecule has 4 nitrogen and oxygen atoms in total. The summed E-state index contributed by atoms with van der Waals surface area (Å²) in [6.45, 7) is 8.11. The van der Waals surface area contributed by atoms with Gasteiger partial charge in [0.25, 0.3) is 0 Å². The summed E-state index contributed by atoms with van der Waals surface area (Å²) < 4.78 is 5.56. The number of nitrogen functional groups attached to an aromatic ring is 1. The van der Waals surface area contributed by atoms with Gasteiger partial charge in [-0.3, -0.25) is 0 Å². The first-order chi connectivity index (χ1) is 8.60. The fraction of sp³-hybridized carbons (Fsp3) is 0.571. The summed E-state index contributed by atoms with van der Waals surface area (Å²) in [4.78, 5) is 4.76. The Bertz CT molecular complexity index is 408. The van der Waals surface area contributed by atoms with Crippen molar-refractivity contribution in [2.24, 2.45) is 0 Å². The summed E-state index contributed by atoms with van der Waals surface area (Å²) >= 11 is 0. The minimum absolute atomic E-state index is 0.500. The summed E-state index contributed by atoms with van der Waals surface area (Å²) in [5.41, 5.74) is 7.88. The van der Waals surface area contributed by atoms with E-state index in [2.05, 4.69) is 29.8 Å². The highest BCUT2D eigenvalue weighted by molar-refractivity contribution is 5.61. The van der Waals surface area contributed by atoms with Crippen molar-refractivity contribution >= 4 is 11.4 Å². The van der Waals surface area contributed by atoms with E-state index in [4.69, 9.17) is 10.5 Å². The van der Waals surface area contributed by atoms with Gasteiger partial charge in [0.05, 0.1) is 6.61 Å². The third-order valence-corrected chi connectivity index (χ3v) is 3.39. The molecule has 0 aromatic heterocycles. The van der Waals surface area contributed by atoms with Crippen LogP contribution >= 0.6 is 0 Å². The van der Waals surface area contributed by atoms with Gasteiger partial charge in [-0.05, 0) is 27.0 Å². The van der Waals surface area contributed by atoms with Gasteiger partial charge >= 0.3 is 0 Å². The molecule has 0 aliphatic carbocycles. The first kappa shape index (κ1) is 13.0. The number of anilines is 2. The van der Waals surface area contributed by atoms with Crippen LogP contribution in [0.2, 0.25) is 0 Å². The topological polar surface area (TPSA) is 41.7 Å². The molecule has 18 heavy (non-hydrogen) atoms. The van der Waals surface area contributed by atoms with Crippen molar-refractivity contribution in [3.8, 4) is 5.75 Å². The van der Waals surface area contributed by atoms with Crippen LogP contribution in [0, 0.1) is 0 Å². The van der Waals surface area contributed by atoms with Gasteiger partial charge in [-0.2, -0.15) is 0 Å². The highest BCUT2D eigenvalue weighted by Gasteiger charge is 2.22. The van der Waals surface area contributed by atoms with E-state index >= 15 is 0 Å². The number of hydrogen-bond acceptors (Lipinski definition) is 4. The van der Waals surface area contributed by atoms with Crippen LogP contribution in [-0.4, -0.2) is 44.2 Å². The molecular weight excluding hydrogens is 226 g/mol. The molecule has 0 saturated carbocycles. The van der Waals surface area contributed by atoms with E-state index in [1.54, 1.807) is 0 Å². The molecule has 1 fully saturated rings. The highest BCUT2D eigenvalue weighted by atomic mass is 16.5. The second kappa shape index (κ2) is 5.48. The monoisotopic (exact) mass is 249 g/mol. The molecule has 0 amide bonds. The van der Waals surface area contributed by atoms with E-state index < -0.39 is 0 Å². The van der Waals surface area contributed by atoms with Crippen molar-refractivity contribution in [1.82, 2.24) is 4.90 Å². The number of nitrogens with zero attached hydrogens (tertiary/aromatic N) is 2. The van der Waals surface area contributed by atoms with E-state index in [9.17, 15) is 0 Å². The number of benzene rings is 1. The fourth-order valence-corrected chi connectivity index (χ4v) is 2.54. The molecule has 2 rings (SSSR count). The maximum atomic E-state index is 5.95. The average Bonchev–Trinajstić information content (AvgIpc) is 2.28. The number of rotatable bonds is 3. The first-order valence-electron chi connectivity index (χ1n) is 6.58. The Labute approximate surface area is 109 Å². The third-order valence-electron chi connectivity index (χ3n) is 3.39. The number of hydrogen-bond donors (Lipinski definition) is 1. The number of ether oxygens (including phenoxy) is 1. The fourth-order valence-electron chi connectivity index (χ4n) is 2.54. The maximum absolute atomic E-state index is 5.95. The standard InChI is InChI=1S/C14H23N3O/c1-4-18-14-8-12(15)7-13(9-14)17-6-5-16(3)10-11(17)2/h7-9,11H,4-6,10,15H2,1-3H3. The van der Waals surface area contributed by atoms with Crippen LogP contribution < -0.4 is 15.4 Å². The molecular formula is C14H23N3O. The zero-order valence-electron chi connectivity index (χ0n) is 11.5. The minimum atomic E-state index is 0.500. The van der Waals surface area contributed by atoms with E-state index in [0.717, 1.165) is 31.1 Å². The lowest BCUT2D eigenvalue weighted by Gasteiger charge is -2.40. The van der Waals surface area contributed by atoms with Crippen LogP contribution in [0.25, 0.3) is 0 Å². The summed E-state index contributed by atoms with van der Waals surface area (Å²) in [7, 11) is 2.17. The molecule has 100 valence electrons. The van der Waals surface area contributed by atoms with Gasteiger partial charge in [-0.15, -0.1) is 0 Å². The lowest BCUT2D eigenvalue weighted by molar-refractivity contribution is 0.275. The Morgan fingerprint density at radius 2 is 2.11 bits per heavy atom. The number of likely N-dealkylation sites (N-methyl/N-ethyl adjacent to an activating group) is 1. The van der Waals surface area contributed by atoms with Crippen molar-refractivity contribution in [3.05, 3.63) is 18.2 Å². The van der Waals surface area contributed by atoms with Crippen LogP contribution in [0.1, 0.15) is 13.8 Å². The molecule has 1 unspecified atom stereocenters. The molecule has 4 heteroatoms. The second-order valence-corrected chi connectivity index (χ2v) is 5.00. The van der Waals surface area contributed by atoms with Crippen LogP contribution in [0.15, 0.2) is 18.2 Å². The van der Waals surface area contributed by atoms with Gasteiger partial charge in [0.1, 0.15) is 5.75 Å². The van der Waals surface area contributed by atoms with Gasteiger partial charge < -0.3 is 20.3 Å². The molecule has 1 aromatic carbocycles. The summed E-state index contributed by atoms with van der Waals surface area (Å²) in [6.07, 6.45) is 0. The van der Waals surface area contributed by atoms with E-state index in [0.29, 0.717) is 12.6 Å². The van der Waals surface area contributed by atoms with Crippen molar-refractivity contribution < 1.29 is 4.74 Å². The van der Waals surface area contributed by atoms with E-state index in [-0.39, 0.29) is 0 Å². The second-order valence-electron chi connectivity index (χ2n) is 5.00. The van der Waals surface area contributed by atoms with Crippen molar-refractivity contribution in [2.75, 3.05) is 43.9 Å². The normalized spacial score (nSPS) is 21.1. The quantitative estimate of drug-likeness (QED) is 0.830.